The molecule has 3 heteroatoms. The molecule has 0 atom stereocenters. The van der Waals surface area contributed by atoms with Crippen LogP contribution in [0.4, 0.5) is 0 Å². The molecule has 0 aromatic carbocycles. The minimum Gasteiger partial charge on any atom is -0.329 e. The molecule has 1 rings (SSSR count). The summed E-state index contributed by atoms with van der Waals surface area (Å²) in [4.78, 5) is 10.8. The predicted molar refractivity (Wildman–Crippen MR) is 43.8 cm³/mol. The molecule has 0 bridgehead atoms. The molecule has 0 aliphatic carbocycles. The lowest BCUT2D eigenvalue weighted by Gasteiger charge is -2.12. The third kappa shape index (κ3) is 2.06. The van der Waals surface area contributed by atoms with E-state index in [1.165, 1.54) is 0 Å². The molecule has 0 aromatic heterocycles. The normalized spacial score (nSPS) is 18.1. The van der Waals surface area contributed by atoms with Crippen molar-refractivity contribution in [2.75, 3.05) is 12.0 Å². The second kappa shape index (κ2) is 3.66. The molecule has 1 amide bonds. The second-order valence-electron chi connectivity index (χ2n) is 2.25. The van der Waals surface area contributed by atoms with Crippen LogP contribution in [0.15, 0.2) is 11.8 Å². The molecule has 1 N–H and O–H groups in total. The molecule has 0 fully saturated rings. The summed E-state index contributed by atoms with van der Waals surface area (Å²) in [7, 11) is 0. The Balaban J connectivity index is 2.43. The second-order valence-corrected chi connectivity index (χ2v) is 3.12. The van der Waals surface area contributed by atoms with Gasteiger partial charge in [-0.1, -0.05) is 6.08 Å². The van der Waals surface area contributed by atoms with E-state index in [1.54, 1.807) is 11.8 Å². The number of carbonyl (C=O) groups excluding carboxylic acids is 1. The first-order valence-electron chi connectivity index (χ1n) is 3.31. The number of hydrogen-bond donors (Lipinski definition) is 1. The van der Waals surface area contributed by atoms with Gasteiger partial charge in [-0.25, -0.2) is 0 Å². The Morgan fingerprint density at radius 2 is 2.60 bits per heavy atom. The van der Waals surface area contributed by atoms with E-state index in [-0.39, 0.29) is 5.91 Å². The van der Waals surface area contributed by atoms with E-state index in [1.807, 2.05) is 6.26 Å². The number of nitrogens with one attached hydrogen (secondary N) is 1. The Hall–Kier alpha value is -0.440. The third-order valence-corrected chi connectivity index (χ3v) is 1.96. The fraction of sp³-hybridized carbons (Fsp3) is 0.571. The van der Waals surface area contributed by atoms with E-state index in [0.717, 1.165) is 17.9 Å². The van der Waals surface area contributed by atoms with Gasteiger partial charge >= 0.3 is 0 Å². The van der Waals surface area contributed by atoms with E-state index < -0.39 is 0 Å². The Labute approximate surface area is 65.1 Å². The number of thioether (sulfide) groups is 1. The van der Waals surface area contributed by atoms with E-state index in [2.05, 4.69) is 11.4 Å². The number of carbonyl (C=O) groups is 1. The van der Waals surface area contributed by atoms with Gasteiger partial charge in [0.1, 0.15) is 0 Å². The van der Waals surface area contributed by atoms with Crippen molar-refractivity contribution in [3.05, 3.63) is 11.8 Å². The molecule has 0 saturated carbocycles. The van der Waals surface area contributed by atoms with Crippen LogP contribution in [-0.2, 0) is 4.79 Å². The van der Waals surface area contributed by atoms with Crippen molar-refractivity contribution in [3.8, 4) is 0 Å². The summed E-state index contributed by atoms with van der Waals surface area (Å²) >= 11 is 1.73. The Morgan fingerprint density at radius 3 is 3.20 bits per heavy atom. The summed E-state index contributed by atoms with van der Waals surface area (Å²) in [6.07, 6.45) is 5.68. The summed E-state index contributed by atoms with van der Waals surface area (Å²) in [5.74, 6) is 1.08. The van der Waals surface area contributed by atoms with Crippen LogP contribution in [0.5, 0.6) is 0 Å². The zero-order valence-corrected chi connectivity index (χ0v) is 6.83. The molecule has 2 nitrogen and oxygen atoms in total. The smallest absolute Gasteiger partial charge is 0.224 e. The SMILES string of the molecule is CSCC1=CCCC(=O)N1. The molecule has 0 saturated heterocycles. The average Bonchev–Trinajstić information content (AvgIpc) is 1.88. The predicted octanol–water partition coefficient (Wildman–Crippen LogP) is 1.14. The van der Waals surface area contributed by atoms with E-state index in [0.29, 0.717) is 6.42 Å². The van der Waals surface area contributed by atoms with Crippen molar-refractivity contribution in [3.63, 3.8) is 0 Å². The van der Waals surface area contributed by atoms with Crippen molar-refractivity contribution in [2.45, 2.75) is 12.8 Å². The Bertz CT molecular complexity index is 165. The third-order valence-electron chi connectivity index (χ3n) is 1.36. The molecule has 10 heavy (non-hydrogen) atoms. The highest BCUT2D eigenvalue weighted by molar-refractivity contribution is 7.98. The van der Waals surface area contributed by atoms with E-state index >= 15 is 0 Å². The van der Waals surface area contributed by atoms with Crippen LogP contribution in [0.1, 0.15) is 12.8 Å². The van der Waals surface area contributed by atoms with Gasteiger partial charge in [0.2, 0.25) is 5.91 Å². The molecule has 0 unspecified atom stereocenters. The van der Waals surface area contributed by atoms with Crippen molar-refractivity contribution >= 4 is 17.7 Å². The first kappa shape index (κ1) is 7.66. The molecular weight excluding hydrogens is 146 g/mol. The van der Waals surface area contributed by atoms with Gasteiger partial charge in [-0.3, -0.25) is 4.79 Å². The lowest BCUT2D eigenvalue weighted by atomic mass is 10.2. The highest BCUT2D eigenvalue weighted by atomic mass is 32.2. The topological polar surface area (TPSA) is 29.1 Å². The Kier molecular flexibility index (Phi) is 2.81. The molecular formula is C7H11NOS. The maximum Gasteiger partial charge on any atom is 0.224 e. The summed E-state index contributed by atoms with van der Waals surface area (Å²) in [6.45, 7) is 0. The van der Waals surface area contributed by atoms with Gasteiger partial charge in [0.15, 0.2) is 0 Å². The molecule has 1 aliphatic heterocycles. The van der Waals surface area contributed by atoms with Crippen LogP contribution < -0.4 is 5.32 Å². The maximum absolute atomic E-state index is 10.8. The van der Waals surface area contributed by atoms with Gasteiger partial charge in [-0.15, -0.1) is 0 Å². The van der Waals surface area contributed by atoms with Crippen LogP contribution in [0.25, 0.3) is 0 Å². The minimum absolute atomic E-state index is 0.159. The van der Waals surface area contributed by atoms with Crippen molar-refractivity contribution < 1.29 is 4.79 Å². The molecule has 1 heterocycles. The van der Waals surface area contributed by atoms with Crippen LogP contribution in [0.2, 0.25) is 0 Å². The van der Waals surface area contributed by atoms with Crippen molar-refractivity contribution in [1.29, 1.82) is 0 Å². The van der Waals surface area contributed by atoms with Crippen molar-refractivity contribution in [2.24, 2.45) is 0 Å². The van der Waals surface area contributed by atoms with Crippen LogP contribution in [0.3, 0.4) is 0 Å². The first-order chi connectivity index (χ1) is 4.83. The van der Waals surface area contributed by atoms with E-state index in [9.17, 15) is 4.79 Å². The highest BCUT2D eigenvalue weighted by Crippen LogP contribution is 2.08. The highest BCUT2D eigenvalue weighted by Gasteiger charge is 2.07. The molecule has 1 aliphatic rings. The zero-order valence-electron chi connectivity index (χ0n) is 6.02. The maximum atomic E-state index is 10.8. The fourth-order valence-electron chi connectivity index (χ4n) is 0.921. The largest absolute Gasteiger partial charge is 0.329 e. The quantitative estimate of drug-likeness (QED) is 0.651. The standard InChI is InChI=1S/C7H11NOS/c1-10-5-6-3-2-4-7(9)8-6/h3H,2,4-5H2,1H3,(H,8,9). The first-order valence-corrected chi connectivity index (χ1v) is 4.70. The molecule has 0 radical (unpaired) electrons. The lowest BCUT2D eigenvalue weighted by Crippen LogP contribution is -2.26. The summed E-state index contributed by atoms with van der Waals surface area (Å²) < 4.78 is 0. The number of allylic oxidation sites excluding steroid dienone is 1. The average molecular weight is 157 g/mol. The Morgan fingerprint density at radius 1 is 1.80 bits per heavy atom. The van der Waals surface area contributed by atoms with Gasteiger partial charge in [-0.05, 0) is 12.7 Å². The van der Waals surface area contributed by atoms with Gasteiger partial charge in [0.05, 0.1) is 0 Å². The number of rotatable bonds is 2. The number of amides is 1. The lowest BCUT2D eigenvalue weighted by molar-refractivity contribution is -0.120. The van der Waals surface area contributed by atoms with Gasteiger partial charge in [-0.2, -0.15) is 11.8 Å². The van der Waals surface area contributed by atoms with Crippen LogP contribution in [0, 0.1) is 0 Å². The van der Waals surface area contributed by atoms with Crippen LogP contribution in [-0.4, -0.2) is 17.9 Å². The summed E-state index contributed by atoms with van der Waals surface area (Å²) in [6, 6.07) is 0. The van der Waals surface area contributed by atoms with Crippen LogP contribution >= 0.6 is 11.8 Å². The van der Waals surface area contributed by atoms with Gasteiger partial charge in [0.25, 0.3) is 0 Å². The van der Waals surface area contributed by atoms with Gasteiger partial charge in [0, 0.05) is 17.9 Å². The number of hydrogen-bond acceptors (Lipinski definition) is 2. The molecule has 0 aromatic rings. The minimum atomic E-state index is 0.159. The fourth-order valence-corrected chi connectivity index (χ4v) is 1.42. The van der Waals surface area contributed by atoms with Crippen molar-refractivity contribution in [1.82, 2.24) is 5.32 Å². The molecule has 0 spiro atoms. The monoisotopic (exact) mass is 157 g/mol. The van der Waals surface area contributed by atoms with Gasteiger partial charge < -0.3 is 5.32 Å². The zero-order chi connectivity index (χ0) is 7.40. The summed E-state index contributed by atoms with van der Waals surface area (Å²) in [5.41, 5.74) is 1.07. The van der Waals surface area contributed by atoms with E-state index in [4.69, 9.17) is 0 Å². The molecule has 56 valence electrons. The summed E-state index contributed by atoms with van der Waals surface area (Å²) in [5, 5.41) is 2.82.